The molecule has 0 spiro atoms. The van der Waals surface area contributed by atoms with Crippen molar-refractivity contribution in [2.24, 2.45) is 5.84 Å². The van der Waals surface area contributed by atoms with Gasteiger partial charge in [0.1, 0.15) is 0 Å². The van der Waals surface area contributed by atoms with E-state index < -0.39 is 6.09 Å². The van der Waals surface area contributed by atoms with Crippen LogP contribution in [0, 0.1) is 0 Å². The van der Waals surface area contributed by atoms with Crippen molar-refractivity contribution in [3.63, 3.8) is 0 Å². The third kappa shape index (κ3) is 2.37. The molecule has 0 aliphatic carbocycles. The Morgan fingerprint density at radius 2 is 2.00 bits per heavy atom. The standard InChI is InChI=1S/C9H11ClN2O2/c1-6(12(11)9(13)14)7-2-4-8(10)5-3-7/h2-6H,11H2,1H3,(H,13,14). The summed E-state index contributed by atoms with van der Waals surface area (Å²) < 4.78 is 0. The molecule has 1 aromatic rings. The lowest BCUT2D eigenvalue weighted by Gasteiger charge is -2.21. The van der Waals surface area contributed by atoms with E-state index in [0.717, 1.165) is 10.6 Å². The zero-order valence-electron chi connectivity index (χ0n) is 7.64. The Balaban J connectivity index is 2.84. The molecule has 0 fully saturated rings. The lowest BCUT2D eigenvalue weighted by molar-refractivity contribution is 0.129. The van der Waals surface area contributed by atoms with Crippen molar-refractivity contribution in [1.29, 1.82) is 0 Å². The van der Waals surface area contributed by atoms with Crippen LogP contribution < -0.4 is 5.84 Å². The Kier molecular flexibility index (Phi) is 3.33. The molecular weight excluding hydrogens is 204 g/mol. The van der Waals surface area contributed by atoms with Gasteiger partial charge in [0.05, 0.1) is 6.04 Å². The molecule has 14 heavy (non-hydrogen) atoms. The van der Waals surface area contributed by atoms with Gasteiger partial charge in [-0.15, -0.1) is 0 Å². The maximum Gasteiger partial charge on any atom is 0.422 e. The molecule has 1 aromatic carbocycles. The quantitative estimate of drug-likeness (QED) is 0.451. The van der Waals surface area contributed by atoms with Crippen LogP contribution in [-0.4, -0.2) is 16.2 Å². The normalized spacial score (nSPS) is 12.2. The number of carbonyl (C=O) groups is 1. The summed E-state index contributed by atoms with van der Waals surface area (Å²) in [6, 6.07) is 6.50. The molecule has 0 saturated carbocycles. The second-order valence-electron chi connectivity index (χ2n) is 2.92. The van der Waals surface area contributed by atoms with E-state index in [0.29, 0.717) is 5.02 Å². The van der Waals surface area contributed by atoms with Gasteiger partial charge in [-0.25, -0.2) is 15.6 Å². The van der Waals surface area contributed by atoms with Crippen LogP contribution in [0.2, 0.25) is 5.02 Å². The van der Waals surface area contributed by atoms with Crippen molar-refractivity contribution in [3.8, 4) is 0 Å². The van der Waals surface area contributed by atoms with Crippen LogP contribution in [0.3, 0.4) is 0 Å². The fourth-order valence-electron chi connectivity index (χ4n) is 1.07. The predicted molar refractivity (Wildman–Crippen MR) is 53.9 cm³/mol. The van der Waals surface area contributed by atoms with Gasteiger partial charge in [0.15, 0.2) is 0 Å². The molecule has 0 aromatic heterocycles. The SMILES string of the molecule is CC(c1ccc(Cl)cc1)N(N)C(=O)O. The highest BCUT2D eigenvalue weighted by molar-refractivity contribution is 6.30. The van der Waals surface area contributed by atoms with E-state index >= 15 is 0 Å². The van der Waals surface area contributed by atoms with E-state index in [1.54, 1.807) is 31.2 Å². The first-order valence-corrected chi connectivity index (χ1v) is 4.42. The van der Waals surface area contributed by atoms with Crippen molar-refractivity contribution >= 4 is 17.7 Å². The van der Waals surface area contributed by atoms with E-state index in [2.05, 4.69) is 0 Å². The summed E-state index contributed by atoms with van der Waals surface area (Å²) in [5, 5.41) is 10.0. The molecule has 1 unspecified atom stereocenters. The van der Waals surface area contributed by atoms with Gasteiger partial charge >= 0.3 is 6.09 Å². The van der Waals surface area contributed by atoms with Crippen molar-refractivity contribution in [1.82, 2.24) is 5.01 Å². The Hall–Kier alpha value is -1.26. The minimum absolute atomic E-state index is 0.384. The number of benzene rings is 1. The average Bonchev–Trinajstić information content (AvgIpc) is 2.16. The van der Waals surface area contributed by atoms with Crippen LogP contribution in [0.4, 0.5) is 4.79 Å². The monoisotopic (exact) mass is 214 g/mol. The molecule has 1 amide bonds. The molecule has 76 valence electrons. The smallest absolute Gasteiger partial charge is 0.422 e. The first kappa shape index (κ1) is 10.8. The van der Waals surface area contributed by atoms with Gasteiger partial charge in [-0.3, -0.25) is 0 Å². The van der Waals surface area contributed by atoms with E-state index in [9.17, 15) is 4.79 Å². The highest BCUT2D eigenvalue weighted by Gasteiger charge is 2.16. The molecule has 0 bridgehead atoms. The number of hydrazine groups is 1. The van der Waals surface area contributed by atoms with Crippen LogP contribution >= 0.6 is 11.6 Å². The van der Waals surface area contributed by atoms with Gasteiger partial charge in [-0.2, -0.15) is 0 Å². The molecule has 1 atom stereocenters. The lowest BCUT2D eigenvalue weighted by atomic mass is 10.1. The second-order valence-corrected chi connectivity index (χ2v) is 3.35. The van der Waals surface area contributed by atoms with Crippen LogP contribution in [0.25, 0.3) is 0 Å². The second kappa shape index (κ2) is 4.30. The molecule has 1 rings (SSSR count). The Morgan fingerprint density at radius 3 is 2.43 bits per heavy atom. The first-order chi connectivity index (χ1) is 6.52. The van der Waals surface area contributed by atoms with E-state index in [-0.39, 0.29) is 6.04 Å². The number of carboxylic acid groups (broad SMARTS) is 1. The minimum Gasteiger partial charge on any atom is -0.464 e. The maximum absolute atomic E-state index is 10.6. The predicted octanol–water partition coefficient (Wildman–Crippen LogP) is 2.25. The van der Waals surface area contributed by atoms with Crippen LogP contribution in [0.1, 0.15) is 18.5 Å². The van der Waals surface area contributed by atoms with Gasteiger partial charge < -0.3 is 5.11 Å². The molecule has 0 saturated heterocycles. The molecule has 0 aliphatic rings. The highest BCUT2D eigenvalue weighted by atomic mass is 35.5. The Morgan fingerprint density at radius 1 is 1.50 bits per heavy atom. The summed E-state index contributed by atoms with van der Waals surface area (Å²) in [6.07, 6.45) is -1.16. The van der Waals surface area contributed by atoms with Crippen LogP contribution in [0.15, 0.2) is 24.3 Å². The van der Waals surface area contributed by atoms with Gasteiger partial charge in [0.2, 0.25) is 0 Å². The Bertz CT molecular complexity index is 326. The summed E-state index contributed by atoms with van der Waals surface area (Å²) in [5.41, 5.74) is 0.805. The molecule has 4 nitrogen and oxygen atoms in total. The third-order valence-electron chi connectivity index (χ3n) is 1.99. The number of hydrogen-bond acceptors (Lipinski definition) is 2. The van der Waals surface area contributed by atoms with Crippen molar-refractivity contribution < 1.29 is 9.90 Å². The average molecular weight is 215 g/mol. The van der Waals surface area contributed by atoms with E-state index in [4.69, 9.17) is 22.6 Å². The number of amides is 1. The molecule has 0 heterocycles. The van der Waals surface area contributed by atoms with Gasteiger partial charge in [-0.1, -0.05) is 23.7 Å². The van der Waals surface area contributed by atoms with E-state index in [1.807, 2.05) is 0 Å². The van der Waals surface area contributed by atoms with Crippen molar-refractivity contribution in [2.45, 2.75) is 13.0 Å². The number of halogens is 1. The summed E-state index contributed by atoms with van der Waals surface area (Å²) in [7, 11) is 0. The van der Waals surface area contributed by atoms with Gasteiger partial charge in [0.25, 0.3) is 0 Å². The zero-order valence-corrected chi connectivity index (χ0v) is 8.40. The fourth-order valence-corrected chi connectivity index (χ4v) is 1.19. The molecule has 3 N–H and O–H groups in total. The topological polar surface area (TPSA) is 66.6 Å². The van der Waals surface area contributed by atoms with Crippen molar-refractivity contribution in [3.05, 3.63) is 34.9 Å². The number of nitrogens with two attached hydrogens (primary N) is 1. The molecule has 0 radical (unpaired) electrons. The zero-order chi connectivity index (χ0) is 10.7. The van der Waals surface area contributed by atoms with Gasteiger partial charge in [0, 0.05) is 5.02 Å². The summed E-state index contributed by atoms with van der Waals surface area (Å²) in [6.45, 7) is 1.71. The number of rotatable bonds is 2. The summed E-state index contributed by atoms with van der Waals surface area (Å²) in [4.78, 5) is 10.6. The maximum atomic E-state index is 10.6. The van der Waals surface area contributed by atoms with Crippen LogP contribution in [-0.2, 0) is 0 Å². The summed E-state index contributed by atoms with van der Waals surface area (Å²) >= 11 is 5.70. The van der Waals surface area contributed by atoms with Gasteiger partial charge in [-0.05, 0) is 24.6 Å². The number of hydrogen-bond donors (Lipinski definition) is 2. The lowest BCUT2D eigenvalue weighted by Crippen LogP contribution is -2.38. The highest BCUT2D eigenvalue weighted by Crippen LogP contribution is 2.19. The van der Waals surface area contributed by atoms with E-state index in [1.165, 1.54) is 0 Å². The molecular formula is C9H11ClN2O2. The van der Waals surface area contributed by atoms with Crippen LogP contribution in [0.5, 0.6) is 0 Å². The largest absolute Gasteiger partial charge is 0.464 e. The third-order valence-corrected chi connectivity index (χ3v) is 2.24. The molecule has 5 heteroatoms. The van der Waals surface area contributed by atoms with Crippen molar-refractivity contribution in [2.75, 3.05) is 0 Å². The Labute approximate surface area is 86.9 Å². The fraction of sp³-hybridized carbons (Fsp3) is 0.222. The first-order valence-electron chi connectivity index (χ1n) is 4.04. The minimum atomic E-state index is -1.16. The number of nitrogens with zero attached hydrogens (tertiary/aromatic N) is 1. The molecule has 0 aliphatic heterocycles. The summed E-state index contributed by atoms with van der Waals surface area (Å²) in [5.74, 6) is 5.33.